The fourth-order valence-corrected chi connectivity index (χ4v) is 2.93. The number of hydrogen-bond donors (Lipinski definition) is 1. The third kappa shape index (κ3) is 3.43. The third-order valence-electron chi connectivity index (χ3n) is 4.27. The molecular weight excluding hydrogens is 330 g/mol. The van der Waals surface area contributed by atoms with Gasteiger partial charge in [-0.15, -0.1) is 0 Å². The summed E-state index contributed by atoms with van der Waals surface area (Å²) in [6.45, 7) is 3.15. The van der Waals surface area contributed by atoms with Gasteiger partial charge in [0.1, 0.15) is 5.82 Å². The Balaban J connectivity index is 1.50. The van der Waals surface area contributed by atoms with Crippen LogP contribution in [0, 0.1) is 0 Å². The fourth-order valence-electron chi connectivity index (χ4n) is 2.93. The number of benzene rings is 1. The number of pyridine rings is 1. The van der Waals surface area contributed by atoms with Crippen molar-refractivity contribution in [3.05, 3.63) is 66.6 Å². The number of aromatic nitrogens is 3. The molecule has 1 fully saturated rings. The van der Waals surface area contributed by atoms with Crippen molar-refractivity contribution in [2.75, 3.05) is 36.5 Å². The quantitative estimate of drug-likeness (QED) is 0.783. The molecule has 7 heteroatoms. The Hall–Kier alpha value is -3.19. The molecule has 0 bridgehead atoms. The van der Waals surface area contributed by atoms with Crippen LogP contribution in [0.2, 0.25) is 0 Å². The first kappa shape index (κ1) is 16.3. The van der Waals surface area contributed by atoms with Gasteiger partial charge in [-0.05, 0) is 30.3 Å². The molecule has 1 N–H and O–H groups in total. The Kier molecular flexibility index (Phi) is 4.61. The highest BCUT2D eigenvalue weighted by Crippen LogP contribution is 2.18. The molecule has 0 aliphatic carbocycles. The van der Waals surface area contributed by atoms with Crippen molar-refractivity contribution >= 4 is 17.4 Å². The lowest BCUT2D eigenvalue weighted by Gasteiger charge is -2.28. The highest BCUT2D eigenvalue weighted by molar-refractivity contribution is 6.06. The first-order valence-corrected chi connectivity index (χ1v) is 8.50. The van der Waals surface area contributed by atoms with Crippen LogP contribution in [0.25, 0.3) is 5.69 Å². The Morgan fingerprint density at radius 2 is 1.92 bits per heavy atom. The molecule has 1 aliphatic rings. The predicted octanol–water partition coefficient (Wildman–Crippen LogP) is 2.36. The molecule has 1 saturated heterocycles. The number of nitrogens with one attached hydrogen (secondary N) is 1. The minimum absolute atomic E-state index is 0.220. The highest BCUT2D eigenvalue weighted by atomic mass is 16.5. The van der Waals surface area contributed by atoms with Crippen LogP contribution in [0.1, 0.15) is 10.4 Å². The third-order valence-corrected chi connectivity index (χ3v) is 4.27. The summed E-state index contributed by atoms with van der Waals surface area (Å²) in [5.41, 5.74) is 2.29. The molecule has 1 amide bonds. The number of hydrogen-bond acceptors (Lipinski definition) is 5. The summed E-state index contributed by atoms with van der Waals surface area (Å²) in [6, 6.07) is 12.9. The summed E-state index contributed by atoms with van der Waals surface area (Å²) < 4.78 is 7.03. The Bertz CT molecular complexity index is 871. The molecule has 0 atom stereocenters. The Morgan fingerprint density at radius 3 is 2.65 bits per heavy atom. The van der Waals surface area contributed by atoms with Gasteiger partial charge in [-0.2, -0.15) is 5.10 Å². The molecular formula is C19H19N5O2. The van der Waals surface area contributed by atoms with E-state index in [4.69, 9.17) is 4.74 Å². The number of anilines is 2. The highest BCUT2D eigenvalue weighted by Gasteiger charge is 2.15. The number of rotatable bonds is 4. The molecule has 7 nitrogen and oxygen atoms in total. The normalized spacial score (nSPS) is 14.2. The summed E-state index contributed by atoms with van der Waals surface area (Å²) in [5, 5.41) is 7.06. The molecule has 4 rings (SSSR count). The van der Waals surface area contributed by atoms with E-state index in [2.05, 4.69) is 20.3 Å². The molecule has 0 saturated carbocycles. The molecule has 0 unspecified atom stereocenters. The monoisotopic (exact) mass is 349 g/mol. The van der Waals surface area contributed by atoms with Crippen LogP contribution in [0.3, 0.4) is 0 Å². The molecule has 0 spiro atoms. The fraction of sp³-hybridized carbons (Fsp3) is 0.211. The number of carbonyl (C=O) groups is 1. The Labute approximate surface area is 151 Å². The summed E-state index contributed by atoms with van der Waals surface area (Å²) in [5.74, 6) is 0.296. The molecule has 26 heavy (non-hydrogen) atoms. The number of morpholine rings is 1. The topological polar surface area (TPSA) is 72.3 Å². The van der Waals surface area contributed by atoms with Crippen LogP contribution in [-0.2, 0) is 4.74 Å². The number of ether oxygens (including phenoxy) is 1. The van der Waals surface area contributed by atoms with Crippen LogP contribution in [-0.4, -0.2) is 47.0 Å². The van der Waals surface area contributed by atoms with Gasteiger partial charge in [-0.3, -0.25) is 4.79 Å². The van der Waals surface area contributed by atoms with E-state index in [1.807, 2.05) is 42.6 Å². The zero-order valence-electron chi connectivity index (χ0n) is 14.2. The van der Waals surface area contributed by atoms with E-state index in [1.165, 1.54) is 0 Å². The van der Waals surface area contributed by atoms with E-state index in [-0.39, 0.29) is 5.91 Å². The van der Waals surface area contributed by atoms with Crippen molar-refractivity contribution in [3.63, 3.8) is 0 Å². The van der Waals surface area contributed by atoms with Crippen LogP contribution in [0.5, 0.6) is 0 Å². The van der Waals surface area contributed by atoms with Gasteiger partial charge in [0.15, 0.2) is 0 Å². The van der Waals surface area contributed by atoms with E-state index in [0.29, 0.717) is 11.4 Å². The van der Waals surface area contributed by atoms with Gasteiger partial charge >= 0.3 is 0 Å². The van der Waals surface area contributed by atoms with Gasteiger partial charge in [-0.1, -0.05) is 12.1 Å². The molecule has 132 valence electrons. The summed E-state index contributed by atoms with van der Waals surface area (Å²) in [6.07, 6.45) is 5.27. The number of amides is 1. The second-order valence-electron chi connectivity index (χ2n) is 5.92. The molecule has 1 aromatic carbocycles. The van der Waals surface area contributed by atoms with Crippen LogP contribution in [0.15, 0.2) is 61.1 Å². The number of carbonyl (C=O) groups excluding carboxylic acids is 1. The molecule has 0 radical (unpaired) electrons. The van der Waals surface area contributed by atoms with Gasteiger partial charge in [0.05, 0.1) is 36.3 Å². The molecule has 1 aliphatic heterocycles. The average Bonchev–Trinajstić information content (AvgIpc) is 3.24. The maximum Gasteiger partial charge on any atom is 0.259 e. The van der Waals surface area contributed by atoms with Gasteiger partial charge in [0.25, 0.3) is 5.91 Å². The van der Waals surface area contributed by atoms with Crippen molar-refractivity contribution in [2.45, 2.75) is 0 Å². The first-order valence-electron chi connectivity index (χ1n) is 8.50. The van der Waals surface area contributed by atoms with E-state index in [0.717, 1.165) is 37.7 Å². The van der Waals surface area contributed by atoms with Gasteiger partial charge in [0, 0.05) is 25.5 Å². The summed E-state index contributed by atoms with van der Waals surface area (Å²) >= 11 is 0. The van der Waals surface area contributed by atoms with E-state index < -0.39 is 0 Å². The van der Waals surface area contributed by atoms with Gasteiger partial charge in [0.2, 0.25) is 0 Å². The molecule has 3 heterocycles. The van der Waals surface area contributed by atoms with Crippen LogP contribution in [0.4, 0.5) is 11.5 Å². The second kappa shape index (κ2) is 7.37. The Morgan fingerprint density at radius 1 is 1.08 bits per heavy atom. The lowest BCUT2D eigenvalue weighted by Crippen LogP contribution is -2.36. The maximum absolute atomic E-state index is 12.7. The van der Waals surface area contributed by atoms with Crippen LogP contribution < -0.4 is 10.2 Å². The smallest absolute Gasteiger partial charge is 0.259 e. The van der Waals surface area contributed by atoms with Crippen molar-refractivity contribution in [3.8, 4) is 5.69 Å². The zero-order valence-corrected chi connectivity index (χ0v) is 14.2. The van der Waals surface area contributed by atoms with E-state index in [9.17, 15) is 4.79 Å². The van der Waals surface area contributed by atoms with E-state index in [1.54, 1.807) is 23.1 Å². The second-order valence-corrected chi connectivity index (χ2v) is 5.92. The van der Waals surface area contributed by atoms with Crippen molar-refractivity contribution < 1.29 is 9.53 Å². The van der Waals surface area contributed by atoms with Crippen molar-refractivity contribution in [1.82, 2.24) is 14.8 Å². The van der Waals surface area contributed by atoms with Crippen molar-refractivity contribution in [1.29, 1.82) is 0 Å². The minimum Gasteiger partial charge on any atom is -0.378 e. The molecule has 2 aromatic heterocycles. The van der Waals surface area contributed by atoms with Gasteiger partial charge < -0.3 is 15.0 Å². The maximum atomic E-state index is 12.7. The predicted molar refractivity (Wildman–Crippen MR) is 98.8 cm³/mol. The minimum atomic E-state index is -0.220. The standard InChI is InChI=1S/C19H19N5O2/c25-19(16-4-1-2-5-17(16)24-9-3-8-21-24)22-18-7-6-15(14-20-18)23-10-12-26-13-11-23/h1-9,14H,10-13H2,(H,20,22,25). The average molecular weight is 349 g/mol. The SMILES string of the molecule is O=C(Nc1ccc(N2CCOCC2)cn1)c1ccccc1-n1cccn1. The first-order chi connectivity index (χ1) is 12.8. The zero-order chi connectivity index (χ0) is 17.8. The molecule has 3 aromatic rings. The van der Waals surface area contributed by atoms with E-state index >= 15 is 0 Å². The van der Waals surface area contributed by atoms with Gasteiger partial charge in [-0.25, -0.2) is 9.67 Å². The summed E-state index contributed by atoms with van der Waals surface area (Å²) in [7, 11) is 0. The summed E-state index contributed by atoms with van der Waals surface area (Å²) in [4.78, 5) is 19.3. The van der Waals surface area contributed by atoms with Crippen molar-refractivity contribution in [2.24, 2.45) is 0 Å². The lowest BCUT2D eigenvalue weighted by atomic mass is 10.1. The number of nitrogens with zero attached hydrogens (tertiary/aromatic N) is 4. The lowest BCUT2D eigenvalue weighted by molar-refractivity contribution is 0.102. The van der Waals surface area contributed by atoms with Crippen LogP contribution >= 0.6 is 0 Å². The largest absolute Gasteiger partial charge is 0.378 e. The number of para-hydroxylation sites is 1.